The molecular weight excluding hydrogens is 469 g/mol. The number of hydrogen-bond acceptors (Lipinski definition) is 7. The SMILES string of the molecule is CN1CCC(C(=O)NO)(S(=O)(=O)c2ccc(Sc3ccc(OC(F)(F)F)cc3)cc2)CC1. The monoisotopic (exact) mass is 490 g/mol. The van der Waals surface area contributed by atoms with Crippen LogP contribution in [0.4, 0.5) is 13.2 Å². The molecule has 0 unspecified atom stereocenters. The van der Waals surface area contributed by atoms with Crippen molar-refractivity contribution in [2.75, 3.05) is 20.1 Å². The Kier molecular flexibility index (Phi) is 7.08. The molecule has 2 aromatic rings. The number of carbonyl (C=O) groups is 1. The number of benzene rings is 2. The second kappa shape index (κ2) is 9.30. The Morgan fingerprint density at radius 1 is 1.06 bits per heavy atom. The van der Waals surface area contributed by atoms with Gasteiger partial charge in [0, 0.05) is 9.79 Å². The third kappa shape index (κ3) is 5.20. The fourth-order valence-corrected chi connectivity index (χ4v) is 6.23. The van der Waals surface area contributed by atoms with Crippen LogP contribution in [0, 0.1) is 0 Å². The zero-order chi connectivity index (χ0) is 23.6. The van der Waals surface area contributed by atoms with Crippen molar-refractivity contribution in [2.24, 2.45) is 0 Å². The van der Waals surface area contributed by atoms with Crippen LogP contribution in [0.1, 0.15) is 12.8 Å². The van der Waals surface area contributed by atoms with Crippen molar-refractivity contribution < 1.29 is 36.3 Å². The van der Waals surface area contributed by atoms with Gasteiger partial charge in [0.1, 0.15) is 5.75 Å². The Bertz CT molecular complexity index is 1050. The van der Waals surface area contributed by atoms with Crippen LogP contribution in [0.3, 0.4) is 0 Å². The average Bonchev–Trinajstić information content (AvgIpc) is 2.74. The van der Waals surface area contributed by atoms with E-state index in [9.17, 15) is 26.4 Å². The van der Waals surface area contributed by atoms with Crippen LogP contribution in [0.15, 0.2) is 63.2 Å². The van der Waals surface area contributed by atoms with Gasteiger partial charge in [0.15, 0.2) is 14.6 Å². The smallest absolute Gasteiger partial charge is 0.406 e. The zero-order valence-electron chi connectivity index (χ0n) is 16.9. The number of nitrogens with one attached hydrogen (secondary N) is 1. The number of nitrogens with zero attached hydrogens (tertiary/aromatic N) is 1. The van der Waals surface area contributed by atoms with Gasteiger partial charge in [-0.1, -0.05) is 11.8 Å². The molecule has 1 aliphatic rings. The summed E-state index contributed by atoms with van der Waals surface area (Å²) in [6.45, 7) is 0.767. The topological polar surface area (TPSA) is 95.9 Å². The van der Waals surface area contributed by atoms with Crippen molar-refractivity contribution in [2.45, 2.75) is 38.6 Å². The molecule has 7 nitrogen and oxygen atoms in total. The van der Waals surface area contributed by atoms with E-state index in [0.29, 0.717) is 22.9 Å². The highest BCUT2D eigenvalue weighted by Gasteiger charge is 2.52. The summed E-state index contributed by atoms with van der Waals surface area (Å²) in [7, 11) is -2.28. The van der Waals surface area contributed by atoms with Crippen LogP contribution in [0.5, 0.6) is 5.75 Å². The number of halogens is 3. The Hall–Kier alpha value is -2.28. The lowest BCUT2D eigenvalue weighted by Gasteiger charge is -2.38. The third-order valence-corrected chi connectivity index (χ3v) is 8.78. The van der Waals surface area contributed by atoms with Crippen LogP contribution in [-0.2, 0) is 14.6 Å². The summed E-state index contributed by atoms with van der Waals surface area (Å²) in [4.78, 5) is 15.5. The van der Waals surface area contributed by atoms with E-state index in [1.165, 1.54) is 53.6 Å². The minimum atomic E-state index is -4.77. The van der Waals surface area contributed by atoms with Gasteiger partial charge in [-0.15, -0.1) is 13.2 Å². The second-order valence-electron chi connectivity index (χ2n) is 7.33. The summed E-state index contributed by atoms with van der Waals surface area (Å²) in [5.74, 6) is -1.29. The number of alkyl halides is 3. The van der Waals surface area contributed by atoms with Crippen molar-refractivity contribution >= 4 is 27.5 Å². The third-order valence-electron chi connectivity index (χ3n) is 5.25. The van der Waals surface area contributed by atoms with E-state index >= 15 is 0 Å². The Morgan fingerprint density at radius 3 is 2.03 bits per heavy atom. The molecule has 0 radical (unpaired) electrons. The van der Waals surface area contributed by atoms with E-state index in [2.05, 4.69) is 4.74 Å². The van der Waals surface area contributed by atoms with Crippen LogP contribution in [0.2, 0.25) is 0 Å². The molecule has 0 spiro atoms. The van der Waals surface area contributed by atoms with Gasteiger partial charge in [-0.25, -0.2) is 13.9 Å². The summed E-state index contributed by atoms with van der Waals surface area (Å²) >= 11 is 1.22. The number of rotatable bonds is 6. The Labute approximate surface area is 187 Å². The maximum absolute atomic E-state index is 13.3. The highest BCUT2D eigenvalue weighted by Crippen LogP contribution is 2.37. The molecule has 2 aromatic carbocycles. The maximum atomic E-state index is 13.3. The zero-order valence-corrected chi connectivity index (χ0v) is 18.6. The van der Waals surface area contributed by atoms with Crippen molar-refractivity contribution in [1.29, 1.82) is 0 Å². The molecule has 3 rings (SSSR count). The Balaban J connectivity index is 1.79. The summed E-state index contributed by atoms with van der Waals surface area (Å²) < 4.78 is 65.5. The largest absolute Gasteiger partial charge is 0.573 e. The number of carbonyl (C=O) groups excluding carboxylic acids is 1. The fourth-order valence-electron chi connectivity index (χ4n) is 3.46. The minimum absolute atomic E-state index is 0.0427. The highest BCUT2D eigenvalue weighted by atomic mass is 32.2. The highest BCUT2D eigenvalue weighted by molar-refractivity contribution is 7.99. The summed E-state index contributed by atoms with van der Waals surface area (Å²) in [5, 5.41) is 9.17. The number of likely N-dealkylation sites (tertiary alicyclic amines) is 1. The van der Waals surface area contributed by atoms with Gasteiger partial charge in [0.05, 0.1) is 4.90 Å². The predicted octanol–water partition coefficient (Wildman–Crippen LogP) is 3.48. The molecule has 1 saturated heterocycles. The first-order valence-electron chi connectivity index (χ1n) is 9.48. The number of hydrogen-bond donors (Lipinski definition) is 2. The summed E-state index contributed by atoms with van der Waals surface area (Å²) in [5.41, 5.74) is 1.51. The lowest BCUT2D eigenvalue weighted by atomic mass is 9.95. The number of ether oxygens (including phenoxy) is 1. The molecule has 0 saturated carbocycles. The molecule has 32 heavy (non-hydrogen) atoms. The standard InChI is InChI=1S/C20H21F3N2O5S2/c1-25-12-10-19(11-13-25,18(26)24-27)32(28,29)17-8-6-16(7-9-17)31-15-4-2-14(3-5-15)30-20(21,22)23/h2-9,27H,10-13H2,1H3,(H,24,26). The van der Waals surface area contributed by atoms with Gasteiger partial charge in [0.25, 0.3) is 5.91 Å². The lowest BCUT2D eigenvalue weighted by Crippen LogP contribution is -2.57. The summed E-state index contributed by atoms with van der Waals surface area (Å²) in [6.07, 6.45) is -4.68. The molecule has 174 valence electrons. The van der Waals surface area contributed by atoms with Crippen molar-refractivity contribution in [3.63, 3.8) is 0 Å². The van der Waals surface area contributed by atoms with Gasteiger partial charge in [-0.2, -0.15) is 0 Å². The van der Waals surface area contributed by atoms with E-state index in [1.807, 2.05) is 11.9 Å². The number of hydroxylamine groups is 1. The fraction of sp³-hybridized carbons (Fsp3) is 0.350. The van der Waals surface area contributed by atoms with Crippen LogP contribution < -0.4 is 10.2 Å². The van der Waals surface area contributed by atoms with E-state index < -0.39 is 26.9 Å². The van der Waals surface area contributed by atoms with Crippen LogP contribution in [0.25, 0.3) is 0 Å². The maximum Gasteiger partial charge on any atom is 0.573 e. The van der Waals surface area contributed by atoms with Crippen LogP contribution >= 0.6 is 11.8 Å². The number of sulfone groups is 1. The molecule has 0 aliphatic carbocycles. The molecule has 12 heteroatoms. The second-order valence-corrected chi connectivity index (χ2v) is 10.7. The Morgan fingerprint density at radius 2 is 1.56 bits per heavy atom. The molecule has 1 aliphatic heterocycles. The van der Waals surface area contributed by atoms with Gasteiger partial charge in [0.2, 0.25) is 0 Å². The van der Waals surface area contributed by atoms with Crippen molar-refractivity contribution in [1.82, 2.24) is 10.4 Å². The van der Waals surface area contributed by atoms with Gasteiger partial charge in [-0.3, -0.25) is 10.0 Å². The number of amides is 1. The first-order chi connectivity index (χ1) is 15.0. The normalized spacial score (nSPS) is 17.0. The molecule has 1 heterocycles. The van der Waals surface area contributed by atoms with Gasteiger partial charge < -0.3 is 9.64 Å². The molecule has 2 N–H and O–H groups in total. The van der Waals surface area contributed by atoms with Gasteiger partial charge in [-0.05, 0) is 81.5 Å². The molecule has 1 amide bonds. The van der Waals surface area contributed by atoms with E-state index in [0.717, 1.165) is 0 Å². The van der Waals surface area contributed by atoms with Crippen LogP contribution in [-0.4, -0.2) is 55.7 Å². The molecular formula is C20H21F3N2O5S2. The first kappa shape index (κ1) is 24.4. The van der Waals surface area contributed by atoms with Crippen molar-refractivity contribution in [3.8, 4) is 5.75 Å². The molecule has 1 fully saturated rings. The molecule has 0 atom stereocenters. The van der Waals surface area contributed by atoms with E-state index in [-0.39, 0.29) is 23.5 Å². The molecule has 0 aromatic heterocycles. The first-order valence-corrected chi connectivity index (χ1v) is 11.8. The quantitative estimate of drug-likeness (QED) is 0.473. The average molecular weight is 491 g/mol. The minimum Gasteiger partial charge on any atom is -0.406 e. The summed E-state index contributed by atoms with van der Waals surface area (Å²) in [6, 6.07) is 11.1. The van der Waals surface area contributed by atoms with Gasteiger partial charge >= 0.3 is 6.36 Å². The lowest BCUT2D eigenvalue weighted by molar-refractivity contribution is -0.274. The predicted molar refractivity (Wildman–Crippen MR) is 110 cm³/mol. The van der Waals surface area contributed by atoms with Crippen molar-refractivity contribution in [3.05, 3.63) is 48.5 Å². The van der Waals surface area contributed by atoms with E-state index in [4.69, 9.17) is 5.21 Å². The van der Waals surface area contributed by atoms with E-state index in [1.54, 1.807) is 12.1 Å². The molecule has 0 bridgehead atoms. The number of piperidine rings is 1.